The van der Waals surface area contributed by atoms with Crippen molar-refractivity contribution in [3.05, 3.63) is 77.5 Å². The Kier molecular flexibility index (Phi) is 5.73. The van der Waals surface area contributed by atoms with Crippen molar-refractivity contribution in [2.75, 3.05) is 26.8 Å². The van der Waals surface area contributed by atoms with Gasteiger partial charge in [0, 0.05) is 43.5 Å². The van der Waals surface area contributed by atoms with Gasteiger partial charge in [-0.05, 0) is 61.4 Å². The summed E-state index contributed by atoms with van der Waals surface area (Å²) in [5.74, 6) is 1.81. The fourth-order valence-corrected chi connectivity index (χ4v) is 4.20. The first-order valence-electron chi connectivity index (χ1n) is 11.1. The molecule has 0 radical (unpaired) electrons. The molecule has 1 N–H and O–H groups in total. The maximum atomic E-state index is 13.0. The number of methoxy groups -OCH3 is 1. The van der Waals surface area contributed by atoms with Gasteiger partial charge in [0.15, 0.2) is 0 Å². The molecule has 33 heavy (non-hydrogen) atoms. The lowest BCUT2D eigenvalue weighted by Crippen LogP contribution is -2.28. The molecule has 0 saturated carbocycles. The van der Waals surface area contributed by atoms with Crippen molar-refractivity contribution in [2.24, 2.45) is 0 Å². The van der Waals surface area contributed by atoms with Gasteiger partial charge in [0.25, 0.3) is 5.91 Å². The van der Waals surface area contributed by atoms with E-state index in [1.165, 1.54) is 0 Å². The minimum absolute atomic E-state index is 0.0255. The SMILES string of the molecule is COc1ccc(OCCc2cc([C@@H]3CCN(C(=O)c4cn5ccc(C)cc5n4)C3)n[nH]2)cc1. The van der Waals surface area contributed by atoms with Crippen LogP contribution in [0.3, 0.4) is 0 Å². The predicted molar refractivity (Wildman–Crippen MR) is 124 cm³/mol. The molecule has 1 aliphatic heterocycles. The Bertz CT molecular complexity index is 1260. The monoisotopic (exact) mass is 445 g/mol. The number of aryl methyl sites for hydroxylation is 1. The van der Waals surface area contributed by atoms with Crippen LogP contribution in [-0.2, 0) is 6.42 Å². The van der Waals surface area contributed by atoms with Gasteiger partial charge in [-0.25, -0.2) is 4.98 Å². The molecule has 0 aliphatic carbocycles. The van der Waals surface area contributed by atoms with Crippen LogP contribution in [0.2, 0.25) is 0 Å². The van der Waals surface area contributed by atoms with Crippen LogP contribution < -0.4 is 9.47 Å². The summed E-state index contributed by atoms with van der Waals surface area (Å²) in [7, 11) is 1.64. The summed E-state index contributed by atoms with van der Waals surface area (Å²) in [6.45, 7) is 3.93. The number of rotatable bonds is 7. The number of nitrogens with one attached hydrogen (secondary N) is 1. The van der Waals surface area contributed by atoms with Crippen molar-refractivity contribution in [1.29, 1.82) is 0 Å². The molecular weight excluding hydrogens is 418 g/mol. The number of aromatic nitrogens is 4. The van der Waals surface area contributed by atoms with Gasteiger partial charge >= 0.3 is 0 Å². The van der Waals surface area contributed by atoms with E-state index < -0.39 is 0 Å². The highest BCUT2D eigenvalue weighted by atomic mass is 16.5. The maximum absolute atomic E-state index is 13.0. The number of carbonyl (C=O) groups is 1. The molecule has 0 unspecified atom stereocenters. The second-order valence-electron chi connectivity index (χ2n) is 8.42. The summed E-state index contributed by atoms with van der Waals surface area (Å²) in [6, 6.07) is 13.6. The standard InChI is InChI=1S/C25H27N5O3/c1-17-7-10-29-16-23(26-24(29)13-17)25(31)30-11-8-18(15-30)22-14-19(27-28-22)9-12-33-21-5-3-20(32-2)4-6-21/h3-7,10,13-14,16,18H,8-9,11-12,15H2,1-2H3,(H,27,28)/t18-/m1/s1. The number of benzene rings is 1. The Labute approximate surface area is 192 Å². The lowest BCUT2D eigenvalue weighted by Gasteiger charge is -2.14. The highest BCUT2D eigenvalue weighted by Crippen LogP contribution is 2.27. The zero-order chi connectivity index (χ0) is 22.8. The molecule has 170 valence electrons. The second-order valence-corrected chi connectivity index (χ2v) is 8.42. The van der Waals surface area contributed by atoms with Gasteiger partial charge in [-0.3, -0.25) is 9.89 Å². The van der Waals surface area contributed by atoms with E-state index in [4.69, 9.17) is 9.47 Å². The molecule has 0 bridgehead atoms. The van der Waals surface area contributed by atoms with Crippen LogP contribution in [0.25, 0.3) is 5.65 Å². The van der Waals surface area contributed by atoms with Crippen LogP contribution in [0.5, 0.6) is 11.5 Å². The van der Waals surface area contributed by atoms with E-state index in [0.29, 0.717) is 25.4 Å². The van der Waals surface area contributed by atoms with E-state index in [0.717, 1.165) is 46.9 Å². The summed E-state index contributed by atoms with van der Waals surface area (Å²) >= 11 is 0. The molecular formula is C25H27N5O3. The van der Waals surface area contributed by atoms with E-state index in [9.17, 15) is 4.79 Å². The van der Waals surface area contributed by atoms with Crippen molar-refractivity contribution in [3.63, 3.8) is 0 Å². The third kappa shape index (κ3) is 4.55. The Morgan fingerprint density at radius 1 is 1.18 bits per heavy atom. The van der Waals surface area contributed by atoms with E-state index in [-0.39, 0.29) is 11.8 Å². The average molecular weight is 446 g/mol. The van der Waals surface area contributed by atoms with Crippen LogP contribution in [-0.4, -0.2) is 57.2 Å². The molecule has 8 nitrogen and oxygen atoms in total. The Morgan fingerprint density at radius 3 is 2.82 bits per heavy atom. The molecule has 0 spiro atoms. The van der Waals surface area contributed by atoms with Crippen LogP contribution in [0.1, 0.15) is 39.8 Å². The molecule has 1 aliphatic rings. The topological polar surface area (TPSA) is 84.8 Å². The first-order chi connectivity index (χ1) is 16.1. The zero-order valence-corrected chi connectivity index (χ0v) is 18.8. The number of amides is 1. The Morgan fingerprint density at radius 2 is 2.00 bits per heavy atom. The zero-order valence-electron chi connectivity index (χ0n) is 18.8. The first kappa shape index (κ1) is 21.1. The number of fused-ring (bicyclic) bond motifs is 1. The number of likely N-dealkylation sites (tertiary alicyclic amines) is 1. The lowest BCUT2D eigenvalue weighted by atomic mass is 10.0. The van der Waals surface area contributed by atoms with Crippen LogP contribution in [0.4, 0.5) is 0 Å². The number of nitrogens with zero attached hydrogens (tertiary/aromatic N) is 4. The number of pyridine rings is 1. The number of ether oxygens (including phenoxy) is 2. The third-order valence-corrected chi connectivity index (χ3v) is 6.08. The summed E-state index contributed by atoms with van der Waals surface area (Å²) in [5, 5.41) is 7.62. The molecule has 4 heterocycles. The van der Waals surface area contributed by atoms with Crippen molar-refractivity contribution in [3.8, 4) is 11.5 Å². The van der Waals surface area contributed by atoms with Gasteiger partial charge in [0.1, 0.15) is 22.8 Å². The average Bonchev–Trinajstić information content (AvgIpc) is 3.58. The maximum Gasteiger partial charge on any atom is 0.274 e. The minimum Gasteiger partial charge on any atom is -0.497 e. The van der Waals surface area contributed by atoms with Gasteiger partial charge < -0.3 is 18.8 Å². The van der Waals surface area contributed by atoms with Crippen molar-refractivity contribution < 1.29 is 14.3 Å². The molecule has 1 atom stereocenters. The molecule has 1 aromatic carbocycles. The van der Waals surface area contributed by atoms with Crippen LogP contribution >= 0.6 is 0 Å². The largest absolute Gasteiger partial charge is 0.497 e. The van der Waals surface area contributed by atoms with E-state index in [1.807, 2.05) is 58.8 Å². The summed E-state index contributed by atoms with van der Waals surface area (Å²) in [6.07, 6.45) is 5.37. The molecule has 8 heteroatoms. The lowest BCUT2D eigenvalue weighted by molar-refractivity contribution is 0.0785. The van der Waals surface area contributed by atoms with Crippen molar-refractivity contribution in [1.82, 2.24) is 24.5 Å². The van der Waals surface area contributed by atoms with Gasteiger partial charge in [-0.2, -0.15) is 5.10 Å². The van der Waals surface area contributed by atoms with E-state index in [2.05, 4.69) is 21.2 Å². The fourth-order valence-electron chi connectivity index (χ4n) is 4.20. The first-order valence-corrected chi connectivity index (χ1v) is 11.1. The smallest absolute Gasteiger partial charge is 0.274 e. The molecule has 1 saturated heterocycles. The number of carbonyl (C=O) groups excluding carboxylic acids is 1. The minimum atomic E-state index is -0.0255. The number of H-pyrrole nitrogens is 1. The predicted octanol–water partition coefficient (Wildman–Crippen LogP) is 3.63. The van der Waals surface area contributed by atoms with Crippen molar-refractivity contribution >= 4 is 11.6 Å². The number of hydrogen-bond donors (Lipinski definition) is 1. The highest BCUT2D eigenvalue weighted by Gasteiger charge is 2.30. The normalized spacial score (nSPS) is 15.8. The number of aromatic amines is 1. The summed E-state index contributed by atoms with van der Waals surface area (Å²) in [5.41, 5.74) is 4.43. The van der Waals surface area contributed by atoms with E-state index in [1.54, 1.807) is 13.3 Å². The third-order valence-electron chi connectivity index (χ3n) is 6.08. The molecule has 4 aromatic rings. The fraction of sp³-hybridized carbons (Fsp3) is 0.320. The highest BCUT2D eigenvalue weighted by molar-refractivity contribution is 5.93. The Balaban J connectivity index is 1.16. The van der Waals surface area contributed by atoms with Crippen LogP contribution in [0, 0.1) is 6.92 Å². The molecule has 1 fully saturated rings. The van der Waals surface area contributed by atoms with Gasteiger partial charge in [-0.1, -0.05) is 0 Å². The van der Waals surface area contributed by atoms with Gasteiger partial charge in [0.05, 0.1) is 19.4 Å². The Hall–Kier alpha value is -3.81. The van der Waals surface area contributed by atoms with Crippen molar-refractivity contribution in [2.45, 2.75) is 25.7 Å². The van der Waals surface area contributed by atoms with Gasteiger partial charge in [-0.15, -0.1) is 0 Å². The second kappa shape index (κ2) is 8.97. The summed E-state index contributed by atoms with van der Waals surface area (Å²) in [4.78, 5) is 19.4. The quantitative estimate of drug-likeness (QED) is 0.470. The number of imidazole rings is 1. The molecule has 3 aromatic heterocycles. The van der Waals surface area contributed by atoms with Crippen LogP contribution in [0.15, 0.2) is 54.9 Å². The molecule has 5 rings (SSSR count). The summed E-state index contributed by atoms with van der Waals surface area (Å²) < 4.78 is 12.9. The van der Waals surface area contributed by atoms with Gasteiger partial charge in [0.2, 0.25) is 0 Å². The van der Waals surface area contributed by atoms with E-state index >= 15 is 0 Å². The molecule has 1 amide bonds. The number of hydrogen-bond acceptors (Lipinski definition) is 5.